The van der Waals surface area contributed by atoms with E-state index in [0.29, 0.717) is 5.76 Å². The molecule has 0 unspecified atom stereocenters. The van der Waals surface area contributed by atoms with Crippen molar-refractivity contribution in [2.75, 3.05) is 19.0 Å². The van der Waals surface area contributed by atoms with Gasteiger partial charge >= 0.3 is 0 Å². The number of nitrogens with one attached hydrogen (secondary N) is 1. The lowest BCUT2D eigenvalue weighted by Gasteiger charge is -2.11. The number of anilines is 1. The van der Waals surface area contributed by atoms with Crippen LogP contribution in [0.2, 0.25) is 0 Å². The predicted molar refractivity (Wildman–Crippen MR) is 84.9 cm³/mol. The number of nitrogens with zero attached hydrogens (tertiary/aromatic N) is 2. The van der Waals surface area contributed by atoms with Crippen molar-refractivity contribution in [2.24, 2.45) is 0 Å². The second kappa shape index (κ2) is 7.14. The number of amides is 1. The van der Waals surface area contributed by atoms with Gasteiger partial charge in [0.2, 0.25) is 0 Å². The predicted octanol–water partition coefficient (Wildman–Crippen LogP) is 2.57. The van der Waals surface area contributed by atoms with Gasteiger partial charge in [-0.2, -0.15) is 5.26 Å². The van der Waals surface area contributed by atoms with Crippen LogP contribution in [-0.4, -0.2) is 20.0 Å². The van der Waals surface area contributed by atoms with E-state index in [1.165, 1.54) is 6.26 Å². The average Bonchev–Trinajstić information content (AvgIpc) is 3.04. The molecule has 1 N–H and O–H groups in total. The van der Waals surface area contributed by atoms with Crippen LogP contribution in [0.25, 0.3) is 6.08 Å². The van der Waals surface area contributed by atoms with Crippen LogP contribution in [-0.2, 0) is 11.3 Å². The van der Waals surface area contributed by atoms with Crippen LogP contribution in [0.4, 0.5) is 5.69 Å². The van der Waals surface area contributed by atoms with Crippen molar-refractivity contribution in [3.63, 3.8) is 0 Å². The highest BCUT2D eigenvalue weighted by atomic mass is 16.3. The van der Waals surface area contributed by atoms with Gasteiger partial charge in [-0.05, 0) is 35.9 Å². The molecule has 0 aliphatic heterocycles. The zero-order valence-electron chi connectivity index (χ0n) is 12.5. The van der Waals surface area contributed by atoms with Crippen LogP contribution in [0.1, 0.15) is 11.3 Å². The van der Waals surface area contributed by atoms with Gasteiger partial charge in [0.05, 0.1) is 12.8 Å². The number of furan rings is 1. The summed E-state index contributed by atoms with van der Waals surface area (Å²) in [7, 11) is 3.90. The van der Waals surface area contributed by atoms with E-state index in [1.807, 2.05) is 49.3 Å². The summed E-state index contributed by atoms with van der Waals surface area (Å²) in [5.74, 6) is 0.219. The van der Waals surface area contributed by atoms with Gasteiger partial charge in [0.15, 0.2) is 0 Å². The first kappa shape index (κ1) is 15.4. The van der Waals surface area contributed by atoms with Crippen molar-refractivity contribution < 1.29 is 9.21 Å². The Hall–Kier alpha value is -3.00. The highest BCUT2D eigenvalue weighted by molar-refractivity contribution is 6.01. The number of carbonyl (C=O) groups excluding carboxylic acids is 1. The Morgan fingerprint density at radius 2 is 2.05 bits per heavy atom. The Morgan fingerprint density at radius 1 is 1.32 bits per heavy atom. The fourth-order valence-electron chi connectivity index (χ4n) is 1.86. The van der Waals surface area contributed by atoms with Crippen LogP contribution in [0.15, 0.2) is 52.7 Å². The minimum absolute atomic E-state index is 0.0594. The molecule has 0 radical (unpaired) electrons. The standard InChI is InChI=1S/C17H17N3O2/c1-20(2)15-7-5-13(6-8-15)10-14(11-18)17(21)19-12-16-4-3-9-22-16/h3-10H,12H2,1-2H3,(H,19,21)/b14-10+. The molecule has 1 aromatic carbocycles. The Bertz CT molecular complexity index is 693. The molecule has 0 fully saturated rings. The monoisotopic (exact) mass is 295 g/mol. The van der Waals surface area contributed by atoms with E-state index in [9.17, 15) is 4.79 Å². The largest absolute Gasteiger partial charge is 0.467 e. The molecule has 0 saturated carbocycles. The van der Waals surface area contributed by atoms with Gasteiger partial charge in [-0.1, -0.05) is 12.1 Å². The number of hydrogen-bond acceptors (Lipinski definition) is 4. The van der Waals surface area contributed by atoms with Gasteiger partial charge in [0.25, 0.3) is 5.91 Å². The maximum absolute atomic E-state index is 12.0. The molecular formula is C17H17N3O2. The summed E-state index contributed by atoms with van der Waals surface area (Å²) < 4.78 is 5.13. The van der Waals surface area contributed by atoms with Crippen LogP contribution < -0.4 is 10.2 Å². The third kappa shape index (κ3) is 4.00. The third-order valence-corrected chi connectivity index (χ3v) is 3.09. The first-order valence-electron chi connectivity index (χ1n) is 6.80. The molecule has 22 heavy (non-hydrogen) atoms. The Labute approximate surface area is 129 Å². The van der Waals surface area contributed by atoms with E-state index < -0.39 is 5.91 Å². The van der Waals surface area contributed by atoms with Crippen LogP contribution in [0.5, 0.6) is 0 Å². The molecular weight excluding hydrogens is 278 g/mol. The summed E-state index contributed by atoms with van der Waals surface area (Å²) in [6, 6.07) is 13.0. The Balaban J connectivity index is 2.06. The molecule has 112 valence electrons. The minimum Gasteiger partial charge on any atom is -0.467 e. The van der Waals surface area contributed by atoms with Crippen molar-refractivity contribution in [3.8, 4) is 6.07 Å². The number of rotatable bonds is 5. The van der Waals surface area contributed by atoms with Crippen molar-refractivity contribution >= 4 is 17.7 Å². The molecule has 2 aromatic rings. The number of nitriles is 1. The third-order valence-electron chi connectivity index (χ3n) is 3.09. The van der Waals surface area contributed by atoms with E-state index in [1.54, 1.807) is 18.2 Å². The zero-order valence-corrected chi connectivity index (χ0v) is 12.5. The van der Waals surface area contributed by atoms with Gasteiger partial charge in [0.1, 0.15) is 17.4 Å². The summed E-state index contributed by atoms with van der Waals surface area (Å²) in [6.07, 6.45) is 3.10. The second-order valence-corrected chi connectivity index (χ2v) is 4.92. The lowest BCUT2D eigenvalue weighted by Crippen LogP contribution is -2.23. The summed E-state index contributed by atoms with van der Waals surface area (Å²) in [5.41, 5.74) is 1.91. The van der Waals surface area contributed by atoms with Crippen molar-refractivity contribution in [1.29, 1.82) is 5.26 Å². The fourth-order valence-corrected chi connectivity index (χ4v) is 1.86. The summed E-state index contributed by atoms with van der Waals surface area (Å²) >= 11 is 0. The Morgan fingerprint density at radius 3 is 2.59 bits per heavy atom. The number of benzene rings is 1. The molecule has 5 heteroatoms. The number of hydrogen-bond donors (Lipinski definition) is 1. The van der Waals surface area contributed by atoms with E-state index >= 15 is 0 Å². The Kier molecular flexibility index (Phi) is 4.99. The highest BCUT2D eigenvalue weighted by Gasteiger charge is 2.09. The molecule has 0 spiro atoms. The topological polar surface area (TPSA) is 69.3 Å². The molecule has 0 aliphatic carbocycles. The maximum Gasteiger partial charge on any atom is 0.262 e. The van der Waals surface area contributed by atoms with E-state index in [4.69, 9.17) is 9.68 Å². The minimum atomic E-state index is -0.421. The first-order chi connectivity index (χ1) is 10.6. The molecule has 1 heterocycles. The molecule has 1 aromatic heterocycles. The van der Waals surface area contributed by atoms with E-state index in [2.05, 4.69) is 5.32 Å². The van der Waals surface area contributed by atoms with Crippen molar-refractivity contribution in [3.05, 3.63) is 59.6 Å². The van der Waals surface area contributed by atoms with E-state index in [-0.39, 0.29) is 12.1 Å². The smallest absolute Gasteiger partial charge is 0.262 e. The molecule has 0 bridgehead atoms. The molecule has 5 nitrogen and oxygen atoms in total. The average molecular weight is 295 g/mol. The molecule has 0 saturated heterocycles. The maximum atomic E-state index is 12.0. The van der Waals surface area contributed by atoms with Crippen LogP contribution >= 0.6 is 0 Å². The zero-order chi connectivity index (χ0) is 15.9. The highest BCUT2D eigenvalue weighted by Crippen LogP contribution is 2.14. The first-order valence-corrected chi connectivity index (χ1v) is 6.80. The van der Waals surface area contributed by atoms with Crippen molar-refractivity contribution in [2.45, 2.75) is 6.54 Å². The molecule has 0 atom stereocenters. The van der Waals surface area contributed by atoms with E-state index in [0.717, 1.165) is 11.3 Å². The van der Waals surface area contributed by atoms with Gasteiger partial charge in [-0.3, -0.25) is 4.79 Å². The molecule has 0 aliphatic rings. The summed E-state index contributed by atoms with van der Waals surface area (Å²) in [4.78, 5) is 14.0. The second-order valence-electron chi connectivity index (χ2n) is 4.92. The SMILES string of the molecule is CN(C)c1ccc(/C=C(\C#N)C(=O)NCc2ccco2)cc1. The van der Waals surface area contributed by atoms with Gasteiger partial charge in [-0.25, -0.2) is 0 Å². The van der Waals surface area contributed by atoms with Crippen molar-refractivity contribution in [1.82, 2.24) is 5.32 Å². The normalized spacial score (nSPS) is 10.9. The van der Waals surface area contributed by atoms with Gasteiger partial charge in [-0.15, -0.1) is 0 Å². The lowest BCUT2D eigenvalue weighted by atomic mass is 10.1. The summed E-state index contributed by atoms with van der Waals surface area (Å²) in [6.45, 7) is 0.254. The summed E-state index contributed by atoms with van der Waals surface area (Å²) in [5, 5.41) is 11.8. The molecule has 2 rings (SSSR count). The fraction of sp³-hybridized carbons (Fsp3) is 0.176. The van der Waals surface area contributed by atoms with Crippen LogP contribution in [0, 0.1) is 11.3 Å². The number of carbonyl (C=O) groups is 1. The quantitative estimate of drug-likeness (QED) is 0.680. The lowest BCUT2D eigenvalue weighted by molar-refractivity contribution is -0.117. The molecule has 1 amide bonds. The van der Waals surface area contributed by atoms with Gasteiger partial charge in [0, 0.05) is 19.8 Å². The van der Waals surface area contributed by atoms with Crippen LogP contribution in [0.3, 0.4) is 0 Å². The van der Waals surface area contributed by atoms with Gasteiger partial charge < -0.3 is 14.6 Å².